The largest absolute Gasteiger partial charge is 0.508 e. The molecule has 3 heterocycles. The Balaban J connectivity index is 1.66. The number of hydrogen-bond donors (Lipinski definition) is 3. The van der Waals surface area contributed by atoms with Gasteiger partial charge in [-0.15, -0.1) is 6.58 Å². The van der Waals surface area contributed by atoms with E-state index in [4.69, 9.17) is 11.6 Å². The Morgan fingerprint density at radius 1 is 1.30 bits per heavy atom. The number of rotatable bonds is 6. The standard InChI is InChI=1S/C25H25ClN4O3/c1-3-9-27-10-11-29-23(32)25(2)14-19-18-13-16(26)7-8-20(18)28-21(19)22(30(25)24(29)33)15-5-4-6-17(31)12-15/h3-8,12-13,22,27-28,31H,1,9-11,14H2,2H3. The minimum atomic E-state index is -1.06. The van der Waals surface area contributed by atoms with Gasteiger partial charge < -0.3 is 15.4 Å². The molecule has 0 bridgehead atoms. The van der Waals surface area contributed by atoms with Crippen LogP contribution in [0.15, 0.2) is 55.1 Å². The SMILES string of the molecule is C=CCNCCN1C(=O)N2C(c3cccc(O)c3)c3[nH]c4ccc(Cl)cc4c3CC2(C)C1=O. The van der Waals surface area contributed by atoms with Gasteiger partial charge in [0.15, 0.2) is 0 Å². The molecule has 1 saturated heterocycles. The molecular formula is C25H25ClN4O3. The van der Waals surface area contributed by atoms with Crippen LogP contribution >= 0.6 is 11.6 Å². The Kier molecular flexibility index (Phi) is 5.18. The highest BCUT2D eigenvalue weighted by molar-refractivity contribution is 6.31. The summed E-state index contributed by atoms with van der Waals surface area (Å²) in [6.45, 7) is 6.85. The molecule has 0 radical (unpaired) electrons. The first kappa shape index (κ1) is 21.6. The molecule has 5 rings (SSSR count). The van der Waals surface area contributed by atoms with Crippen molar-refractivity contribution in [3.8, 4) is 5.75 Å². The molecular weight excluding hydrogens is 440 g/mol. The average molecular weight is 465 g/mol. The van der Waals surface area contributed by atoms with E-state index in [1.165, 1.54) is 4.90 Å². The van der Waals surface area contributed by atoms with Gasteiger partial charge >= 0.3 is 6.03 Å². The van der Waals surface area contributed by atoms with E-state index in [9.17, 15) is 14.7 Å². The molecule has 2 aliphatic rings. The Morgan fingerprint density at radius 2 is 2.12 bits per heavy atom. The number of imide groups is 1. The molecule has 0 saturated carbocycles. The summed E-state index contributed by atoms with van der Waals surface area (Å²) in [6.07, 6.45) is 2.11. The molecule has 2 atom stereocenters. The van der Waals surface area contributed by atoms with Crippen LogP contribution in [-0.4, -0.2) is 57.0 Å². The molecule has 8 heteroatoms. The number of nitrogens with one attached hydrogen (secondary N) is 2. The van der Waals surface area contributed by atoms with Gasteiger partial charge in [0.2, 0.25) is 0 Å². The van der Waals surface area contributed by atoms with Crippen molar-refractivity contribution in [3.05, 3.63) is 77.0 Å². The number of amides is 3. The third-order valence-electron chi connectivity index (χ3n) is 6.62. The van der Waals surface area contributed by atoms with E-state index in [0.29, 0.717) is 24.5 Å². The molecule has 1 aromatic heterocycles. The van der Waals surface area contributed by atoms with E-state index in [1.54, 1.807) is 29.2 Å². The van der Waals surface area contributed by atoms with Crippen LogP contribution in [0.1, 0.15) is 29.8 Å². The molecule has 3 N–H and O–H groups in total. The summed E-state index contributed by atoms with van der Waals surface area (Å²) >= 11 is 6.30. The number of urea groups is 1. The highest BCUT2D eigenvalue weighted by Crippen LogP contribution is 2.49. The number of halogens is 1. The second-order valence-electron chi connectivity index (χ2n) is 8.76. The van der Waals surface area contributed by atoms with E-state index < -0.39 is 11.6 Å². The lowest BCUT2D eigenvalue weighted by molar-refractivity contribution is -0.133. The lowest BCUT2D eigenvalue weighted by Crippen LogP contribution is -2.53. The van der Waals surface area contributed by atoms with Gasteiger partial charge in [0, 0.05) is 47.7 Å². The summed E-state index contributed by atoms with van der Waals surface area (Å²) in [6, 6.07) is 11.6. The molecule has 0 spiro atoms. The number of aromatic amines is 1. The van der Waals surface area contributed by atoms with E-state index >= 15 is 0 Å². The van der Waals surface area contributed by atoms with Gasteiger partial charge in [0.1, 0.15) is 17.3 Å². The van der Waals surface area contributed by atoms with Crippen LogP contribution in [0, 0.1) is 0 Å². The van der Waals surface area contributed by atoms with Crippen LogP contribution in [0.5, 0.6) is 5.75 Å². The number of phenolic OH excluding ortho intramolecular Hbond substituents is 1. The number of H-pyrrole nitrogens is 1. The average Bonchev–Trinajstić information content (AvgIpc) is 3.22. The topological polar surface area (TPSA) is 88.7 Å². The number of fused-ring (bicyclic) bond motifs is 4. The van der Waals surface area contributed by atoms with Gasteiger partial charge in [-0.2, -0.15) is 0 Å². The predicted octanol–water partition coefficient (Wildman–Crippen LogP) is 3.97. The highest BCUT2D eigenvalue weighted by Gasteiger charge is 2.60. The molecule has 2 unspecified atom stereocenters. The van der Waals surface area contributed by atoms with Crippen molar-refractivity contribution in [1.29, 1.82) is 0 Å². The lowest BCUT2D eigenvalue weighted by atomic mass is 9.81. The minimum absolute atomic E-state index is 0.101. The second-order valence-corrected chi connectivity index (χ2v) is 9.19. The first-order chi connectivity index (χ1) is 15.8. The highest BCUT2D eigenvalue weighted by atomic mass is 35.5. The van der Waals surface area contributed by atoms with Crippen molar-refractivity contribution in [2.45, 2.75) is 24.9 Å². The molecule has 7 nitrogen and oxygen atoms in total. The number of aromatic hydroxyl groups is 1. The summed E-state index contributed by atoms with van der Waals surface area (Å²) in [4.78, 5) is 33.8. The summed E-state index contributed by atoms with van der Waals surface area (Å²) in [5.74, 6) is -0.121. The van der Waals surface area contributed by atoms with Crippen LogP contribution < -0.4 is 5.32 Å². The molecule has 33 heavy (non-hydrogen) atoms. The minimum Gasteiger partial charge on any atom is -0.508 e. The van der Waals surface area contributed by atoms with Crippen molar-refractivity contribution in [1.82, 2.24) is 20.1 Å². The number of hydrogen-bond acceptors (Lipinski definition) is 4. The van der Waals surface area contributed by atoms with E-state index in [0.717, 1.165) is 27.7 Å². The Morgan fingerprint density at radius 3 is 2.88 bits per heavy atom. The second kappa shape index (κ2) is 7.93. The van der Waals surface area contributed by atoms with Crippen molar-refractivity contribution < 1.29 is 14.7 Å². The molecule has 3 aromatic rings. The molecule has 1 fully saturated rings. The number of aromatic nitrogens is 1. The Bertz CT molecular complexity index is 1290. The van der Waals surface area contributed by atoms with Gasteiger partial charge in [-0.25, -0.2) is 4.79 Å². The summed E-state index contributed by atoms with van der Waals surface area (Å²) in [5, 5.41) is 14.9. The fraction of sp³-hybridized carbons (Fsp3) is 0.280. The normalized spacial score (nSPS) is 22.1. The third kappa shape index (κ3) is 3.31. The quantitative estimate of drug-likeness (QED) is 0.292. The van der Waals surface area contributed by atoms with E-state index in [2.05, 4.69) is 16.9 Å². The van der Waals surface area contributed by atoms with Gasteiger partial charge in [0.05, 0.1) is 0 Å². The molecule has 170 valence electrons. The molecule has 2 aromatic carbocycles. The van der Waals surface area contributed by atoms with Crippen molar-refractivity contribution >= 4 is 34.4 Å². The maximum absolute atomic E-state index is 13.7. The smallest absolute Gasteiger partial charge is 0.328 e. The summed E-state index contributed by atoms with van der Waals surface area (Å²) < 4.78 is 0. The number of carbonyl (C=O) groups is 2. The van der Waals surface area contributed by atoms with Crippen molar-refractivity contribution in [2.24, 2.45) is 0 Å². The zero-order chi connectivity index (χ0) is 23.3. The van der Waals surface area contributed by atoms with Crippen LogP contribution in [0.4, 0.5) is 4.79 Å². The molecule has 0 aliphatic carbocycles. The zero-order valence-corrected chi connectivity index (χ0v) is 19.0. The fourth-order valence-electron chi connectivity index (χ4n) is 5.12. The van der Waals surface area contributed by atoms with Gasteiger partial charge in [-0.05, 0) is 48.4 Å². The van der Waals surface area contributed by atoms with Crippen LogP contribution in [0.25, 0.3) is 10.9 Å². The Hall–Kier alpha value is -3.29. The van der Waals surface area contributed by atoms with Crippen molar-refractivity contribution in [3.63, 3.8) is 0 Å². The molecule has 2 aliphatic heterocycles. The Labute approximate surface area is 196 Å². The first-order valence-electron chi connectivity index (χ1n) is 10.9. The predicted molar refractivity (Wildman–Crippen MR) is 127 cm³/mol. The van der Waals surface area contributed by atoms with Crippen LogP contribution in [0.3, 0.4) is 0 Å². The first-order valence-corrected chi connectivity index (χ1v) is 11.3. The van der Waals surface area contributed by atoms with Gasteiger partial charge in [-0.1, -0.05) is 29.8 Å². The number of benzene rings is 2. The monoisotopic (exact) mass is 464 g/mol. The van der Waals surface area contributed by atoms with Crippen LogP contribution in [0.2, 0.25) is 5.02 Å². The third-order valence-corrected chi connectivity index (χ3v) is 6.85. The summed E-state index contributed by atoms with van der Waals surface area (Å²) in [5.41, 5.74) is 2.36. The fourth-order valence-corrected chi connectivity index (χ4v) is 5.29. The maximum atomic E-state index is 13.7. The zero-order valence-electron chi connectivity index (χ0n) is 18.3. The van der Waals surface area contributed by atoms with Gasteiger partial charge in [-0.3, -0.25) is 14.6 Å². The van der Waals surface area contributed by atoms with E-state index in [-0.39, 0.29) is 24.2 Å². The number of phenols is 1. The van der Waals surface area contributed by atoms with E-state index in [1.807, 2.05) is 31.2 Å². The molecule has 3 amide bonds. The summed E-state index contributed by atoms with van der Waals surface area (Å²) in [7, 11) is 0. The van der Waals surface area contributed by atoms with Crippen molar-refractivity contribution in [2.75, 3.05) is 19.6 Å². The number of carbonyl (C=O) groups excluding carboxylic acids is 2. The van der Waals surface area contributed by atoms with Gasteiger partial charge in [0.25, 0.3) is 5.91 Å². The van der Waals surface area contributed by atoms with Crippen LogP contribution in [-0.2, 0) is 11.2 Å². The maximum Gasteiger partial charge on any atom is 0.328 e. The lowest BCUT2D eigenvalue weighted by Gasteiger charge is -2.42. The number of nitrogens with zero attached hydrogens (tertiary/aromatic N) is 2.